The molecule has 6 nitrogen and oxygen atoms in total. The Morgan fingerprint density at radius 1 is 0.867 bits per heavy atom. The van der Waals surface area contributed by atoms with Gasteiger partial charge in [-0.05, 0) is 24.3 Å². The van der Waals surface area contributed by atoms with Crippen LogP contribution in [0, 0.1) is 0 Å². The number of para-hydroxylation sites is 4. The Bertz CT molecular complexity index is 1110. The van der Waals surface area contributed by atoms with E-state index in [4.69, 9.17) is 14.2 Å². The number of methoxy groups -OCH3 is 1. The van der Waals surface area contributed by atoms with Gasteiger partial charge >= 0.3 is 0 Å². The minimum atomic E-state index is -0.629. The van der Waals surface area contributed by atoms with Gasteiger partial charge in [0.2, 0.25) is 0 Å². The van der Waals surface area contributed by atoms with Crippen molar-refractivity contribution in [2.24, 2.45) is 0 Å². The van der Waals surface area contributed by atoms with Crippen LogP contribution in [-0.4, -0.2) is 49.6 Å². The van der Waals surface area contributed by atoms with Crippen molar-refractivity contribution >= 4 is 21.8 Å². The van der Waals surface area contributed by atoms with E-state index < -0.39 is 6.10 Å². The molecule has 0 bridgehead atoms. The lowest BCUT2D eigenvalue weighted by molar-refractivity contribution is 0.106. The predicted octanol–water partition coefficient (Wildman–Crippen LogP) is 3.74. The number of benzene rings is 3. The van der Waals surface area contributed by atoms with E-state index in [0.29, 0.717) is 31.2 Å². The minimum Gasteiger partial charge on any atom is -0.493 e. The number of aliphatic hydroxyl groups is 1. The topological polar surface area (TPSA) is 75.7 Å². The third kappa shape index (κ3) is 4.50. The summed E-state index contributed by atoms with van der Waals surface area (Å²) < 4.78 is 16.9. The third-order valence-electron chi connectivity index (χ3n) is 4.92. The van der Waals surface area contributed by atoms with Crippen LogP contribution in [0.5, 0.6) is 17.2 Å². The summed E-state index contributed by atoms with van der Waals surface area (Å²) in [7, 11) is 1.62. The Hall–Kier alpha value is -3.22. The van der Waals surface area contributed by atoms with E-state index in [9.17, 15) is 5.11 Å². The SMILES string of the molecule is COc1ccccc1OCCNC[C@H](O)COc1cccc2c1[nH]c1ccccc12. The van der Waals surface area contributed by atoms with E-state index in [1.165, 1.54) is 0 Å². The van der Waals surface area contributed by atoms with Crippen LogP contribution in [0.3, 0.4) is 0 Å². The van der Waals surface area contributed by atoms with E-state index in [0.717, 1.165) is 27.6 Å². The number of rotatable bonds is 10. The van der Waals surface area contributed by atoms with Gasteiger partial charge in [0.15, 0.2) is 11.5 Å². The third-order valence-corrected chi connectivity index (χ3v) is 4.92. The lowest BCUT2D eigenvalue weighted by Crippen LogP contribution is -2.33. The Morgan fingerprint density at radius 3 is 2.47 bits per heavy atom. The predicted molar refractivity (Wildman–Crippen MR) is 119 cm³/mol. The molecule has 0 radical (unpaired) electrons. The number of aromatic nitrogens is 1. The summed E-state index contributed by atoms with van der Waals surface area (Å²) in [4.78, 5) is 3.41. The van der Waals surface area contributed by atoms with Crippen LogP contribution in [0.2, 0.25) is 0 Å². The molecule has 6 heteroatoms. The van der Waals surface area contributed by atoms with Crippen molar-refractivity contribution in [2.75, 3.05) is 33.4 Å². The molecule has 156 valence electrons. The second-order valence-electron chi connectivity index (χ2n) is 7.02. The van der Waals surface area contributed by atoms with Crippen molar-refractivity contribution in [1.29, 1.82) is 0 Å². The lowest BCUT2D eigenvalue weighted by Gasteiger charge is -2.14. The molecule has 0 fully saturated rings. The van der Waals surface area contributed by atoms with Gasteiger partial charge in [-0.3, -0.25) is 0 Å². The van der Waals surface area contributed by atoms with Crippen molar-refractivity contribution in [3.63, 3.8) is 0 Å². The average Bonchev–Trinajstić information content (AvgIpc) is 3.17. The second-order valence-corrected chi connectivity index (χ2v) is 7.02. The van der Waals surface area contributed by atoms with E-state index in [-0.39, 0.29) is 6.61 Å². The van der Waals surface area contributed by atoms with Gasteiger partial charge in [-0.25, -0.2) is 0 Å². The highest BCUT2D eigenvalue weighted by Gasteiger charge is 2.11. The highest BCUT2D eigenvalue weighted by Crippen LogP contribution is 2.31. The summed E-state index contributed by atoms with van der Waals surface area (Å²) in [5, 5.41) is 15.7. The summed E-state index contributed by atoms with van der Waals surface area (Å²) in [5.41, 5.74) is 2.02. The molecule has 0 unspecified atom stereocenters. The van der Waals surface area contributed by atoms with Gasteiger partial charge in [0.1, 0.15) is 25.1 Å². The van der Waals surface area contributed by atoms with E-state index in [1.54, 1.807) is 7.11 Å². The molecule has 1 atom stereocenters. The van der Waals surface area contributed by atoms with Crippen molar-refractivity contribution < 1.29 is 19.3 Å². The maximum absolute atomic E-state index is 10.3. The fourth-order valence-electron chi connectivity index (χ4n) is 3.45. The van der Waals surface area contributed by atoms with Crippen LogP contribution in [0.4, 0.5) is 0 Å². The van der Waals surface area contributed by atoms with Crippen LogP contribution in [-0.2, 0) is 0 Å². The smallest absolute Gasteiger partial charge is 0.161 e. The van der Waals surface area contributed by atoms with E-state index >= 15 is 0 Å². The van der Waals surface area contributed by atoms with Crippen LogP contribution in [0.15, 0.2) is 66.7 Å². The summed E-state index contributed by atoms with van der Waals surface area (Å²) >= 11 is 0. The minimum absolute atomic E-state index is 0.203. The molecule has 0 saturated heterocycles. The zero-order valence-electron chi connectivity index (χ0n) is 16.9. The monoisotopic (exact) mass is 406 g/mol. The van der Waals surface area contributed by atoms with E-state index in [2.05, 4.69) is 22.4 Å². The molecule has 1 heterocycles. The molecule has 30 heavy (non-hydrogen) atoms. The first-order chi connectivity index (χ1) is 14.8. The molecule has 0 saturated carbocycles. The van der Waals surface area contributed by atoms with Gasteiger partial charge in [-0.1, -0.05) is 42.5 Å². The zero-order chi connectivity index (χ0) is 20.8. The molecule has 4 aromatic rings. The fraction of sp³-hybridized carbons (Fsp3) is 0.250. The number of hydrogen-bond acceptors (Lipinski definition) is 5. The molecule has 0 aliphatic rings. The first kappa shape index (κ1) is 20.1. The number of fused-ring (bicyclic) bond motifs is 3. The quantitative estimate of drug-likeness (QED) is 0.350. The van der Waals surface area contributed by atoms with Gasteiger partial charge in [-0.2, -0.15) is 0 Å². The molecule has 4 rings (SSSR count). The molecular formula is C24H26N2O4. The fourth-order valence-corrected chi connectivity index (χ4v) is 3.45. The summed E-state index contributed by atoms with van der Waals surface area (Å²) in [6.07, 6.45) is -0.629. The van der Waals surface area contributed by atoms with Crippen LogP contribution >= 0.6 is 0 Å². The average molecular weight is 406 g/mol. The first-order valence-electron chi connectivity index (χ1n) is 10.0. The Labute approximate surface area is 175 Å². The van der Waals surface area contributed by atoms with Crippen molar-refractivity contribution in [1.82, 2.24) is 10.3 Å². The molecule has 0 amide bonds. The first-order valence-corrected chi connectivity index (χ1v) is 10.0. The normalized spacial score (nSPS) is 12.2. The number of ether oxygens (including phenoxy) is 3. The molecule has 0 aliphatic heterocycles. The maximum atomic E-state index is 10.3. The Kier molecular flexibility index (Phi) is 6.37. The number of hydrogen-bond donors (Lipinski definition) is 3. The van der Waals surface area contributed by atoms with Crippen LogP contribution < -0.4 is 19.5 Å². The number of aromatic amines is 1. The molecule has 3 N–H and O–H groups in total. The standard InChI is InChI=1S/C24H26N2O4/c1-28-21-10-4-5-11-22(21)29-14-13-25-15-17(27)16-30-23-12-6-8-19-18-7-2-3-9-20(18)26-24(19)23/h2-12,17,25-27H,13-16H2,1H3/t17-/m0/s1. The summed E-state index contributed by atoms with van der Waals surface area (Å²) in [5.74, 6) is 2.15. The highest BCUT2D eigenvalue weighted by atomic mass is 16.5. The molecule has 1 aromatic heterocycles. The zero-order valence-corrected chi connectivity index (χ0v) is 16.9. The van der Waals surface area contributed by atoms with Gasteiger partial charge in [0.05, 0.1) is 12.6 Å². The second kappa shape index (κ2) is 9.52. The van der Waals surface area contributed by atoms with Crippen LogP contribution in [0.25, 0.3) is 21.8 Å². The van der Waals surface area contributed by atoms with Crippen LogP contribution in [0.1, 0.15) is 0 Å². The van der Waals surface area contributed by atoms with Crippen molar-refractivity contribution in [3.05, 3.63) is 66.7 Å². The highest BCUT2D eigenvalue weighted by molar-refractivity contribution is 6.09. The number of nitrogens with one attached hydrogen (secondary N) is 2. The van der Waals surface area contributed by atoms with Gasteiger partial charge < -0.3 is 29.6 Å². The summed E-state index contributed by atoms with van der Waals surface area (Å²) in [6, 6.07) is 21.6. The maximum Gasteiger partial charge on any atom is 0.161 e. The molecule has 3 aromatic carbocycles. The van der Waals surface area contributed by atoms with Crippen molar-refractivity contribution in [3.8, 4) is 17.2 Å². The largest absolute Gasteiger partial charge is 0.493 e. The molecule has 0 aliphatic carbocycles. The lowest BCUT2D eigenvalue weighted by atomic mass is 10.1. The number of H-pyrrole nitrogens is 1. The van der Waals surface area contributed by atoms with Gasteiger partial charge in [0, 0.05) is 29.4 Å². The van der Waals surface area contributed by atoms with E-state index in [1.807, 2.05) is 54.6 Å². The van der Waals surface area contributed by atoms with Gasteiger partial charge in [-0.15, -0.1) is 0 Å². The Balaban J connectivity index is 1.25. The van der Waals surface area contributed by atoms with Gasteiger partial charge in [0.25, 0.3) is 0 Å². The van der Waals surface area contributed by atoms with Crippen molar-refractivity contribution in [2.45, 2.75) is 6.10 Å². The molecular weight excluding hydrogens is 380 g/mol. The Morgan fingerprint density at radius 2 is 1.60 bits per heavy atom. The summed E-state index contributed by atoms with van der Waals surface area (Å²) in [6.45, 7) is 1.70. The molecule has 0 spiro atoms. The number of aliphatic hydroxyl groups excluding tert-OH is 1.